The number of nitriles is 1. The van der Waals surface area contributed by atoms with Gasteiger partial charge in [-0.2, -0.15) is 5.26 Å². The van der Waals surface area contributed by atoms with Crippen LogP contribution < -0.4 is 5.32 Å². The molecule has 1 amide bonds. The van der Waals surface area contributed by atoms with Gasteiger partial charge < -0.3 is 9.88 Å². The second kappa shape index (κ2) is 6.66. The lowest BCUT2D eigenvalue weighted by atomic mass is 9.87. The first-order valence-corrected chi connectivity index (χ1v) is 7.95. The predicted octanol–water partition coefficient (Wildman–Crippen LogP) is 2.63. The van der Waals surface area contributed by atoms with E-state index < -0.39 is 5.41 Å². The van der Waals surface area contributed by atoms with E-state index in [0.717, 1.165) is 24.9 Å². The highest BCUT2D eigenvalue weighted by atomic mass is 16.2. The minimum Gasteiger partial charge on any atom is -0.351 e. The second-order valence-electron chi connectivity index (χ2n) is 6.14. The lowest BCUT2D eigenvalue weighted by Gasteiger charge is -2.19. The third-order valence-electron chi connectivity index (χ3n) is 4.51. The first-order valence-electron chi connectivity index (χ1n) is 7.95. The summed E-state index contributed by atoms with van der Waals surface area (Å²) in [6, 6.07) is 10.4. The van der Waals surface area contributed by atoms with E-state index in [4.69, 9.17) is 0 Å². The van der Waals surface area contributed by atoms with Crippen LogP contribution in [0.2, 0.25) is 0 Å². The van der Waals surface area contributed by atoms with E-state index in [0.29, 0.717) is 19.4 Å². The molecule has 23 heavy (non-hydrogen) atoms. The van der Waals surface area contributed by atoms with Gasteiger partial charge in [0, 0.05) is 25.5 Å². The summed E-state index contributed by atoms with van der Waals surface area (Å²) in [5.41, 5.74) is 1.42. The highest BCUT2D eigenvalue weighted by molar-refractivity contribution is 5.85. The zero-order valence-corrected chi connectivity index (χ0v) is 13.0. The van der Waals surface area contributed by atoms with Gasteiger partial charge in [0.2, 0.25) is 5.91 Å². The summed E-state index contributed by atoms with van der Waals surface area (Å²) in [6.07, 6.45) is 8.76. The molecule has 0 spiro atoms. The molecule has 5 nitrogen and oxygen atoms in total. The molecule has 0 saturated heterocycles. The molecule has 0 atom stereocenters. The van der Waals surface area contributed by atoms with Crippen LogP contribution in [0.5, 0.6) is 0 Å². The van der Waals surface area contributed by atoms with Gasteiger partial charge in [0.05, 0.1) is 12.4 Å². The Bertz CT molecular complexity index is 692. The van der Waals surface area contributed by atoms with Gasteiger partial charge in [-0.25, -0.2) is 4.98 Å². The number of amides is 1. The first kappa shape index (κ1) is 15.3. The molecule has 0 aliphatic heterocycles. The topological polar surface area (TPSA) is 70.7 Å². The summed E-state index contributed by atoms with van der Waals surface area (Å²) < 4.78 is 2.01. The lowest BCUT2D eigenvalue weighted by Crippen LogP contribution is -2.37. The summed E-state index contributed by atoms with van der Waals surface area (Å²) in [7, 11) is 0. The Hall–Kier alpha value is -2.61. The van der Waals surface area contributed by atoms with Crippen molar-refractivity contribution in [3.05, 3.63) is 54.1 Å². The summed E-state index contributed by atoms with van der Waals surface area (Å²) in [6.45, 7) is 1.25. The van der Waals surface area contributed by atoms with Gasteiger partial charge in [-0.3, -0.25) is 4.79 Å². The molecule has 1 aliphatic carbocycles. The van der Waals surface area contributed by atoms with Crippen LogP contribution >= 0.6 is 0 Å². The number of carbonyl (C=O) groups excluding carboxylic acids is 1. The SMILES string of the molecule is N#CC1(C(=O)NCc2ccc(Cn3ccnc3)cc2)CCCC1. The monoisotopic (exact) mass is 308 g/mol. The van der Waals surface area contributed by atoms with Crippen LogP contribution in [0.4, 0.5) is 0 Å². The molecule has 1 heterocycles. The standard InChI is InChI=1S/C18H20N4O/c19-13-18(7-1-2-8-18)17(23)21-11-15-3-5-16(6-4-15)12-22-10-9-20-14-22/h3-6,9-10,14H,1-2,7-8,11-12H2,(H,21,23). The van der Waals surface area contributed by atoms with Crippen LogP contribution in [0.25, 0.3) is 0 Å². The third kappa shape index (κ3) is 3.42. The first-order chi connectivity index (χ1) is 11.2. The summed E-state index contributed by atoms with van der Waals surface area (Å²) in [4.78, 5) is 16.3. The molecule has 3 rings (SSSR count). The van der Waals surface area contributed by atoms with Gasteiger partial charge >= 0.3 is 0 Å². The van der Waals surface area contributed by atoms with Gasteiger partial charge in [0.25, 0.3) is 0 Å². The van der Waals surface area contributed by atoms with Crippen LogP contribution in [-0.2, 0) is 17.9 Å². The van der Waals surface area contributed by atoms with Crippen LogP contribution in [0.1, 0.15) is 36.8 Å². The maximum atomic E-state index is 12.3. The third-order valence-corrected chi connectivity index (χ3v) is 4.51. The number of nitrogens with one attached hydrogen (secondary N) is 1. The number of carbonyl (C=O) groups is 1. The molecule has 0 bridgehead atoms. The average Bonchev–Trinajstić information content (AvgIpc) is 3.26. The molecule has 1 aliphatic rings. The van der Waals surface area contributed by atoms with E-state index in [2.05, 4.69) is 28.5 Å². The summed E-state index contributed by atoms with van der Waals surface area (Å²) in [5.74, 6) is -0.125. The minimum absolute atomic E-state index is 0.125. The number of imidazole rings is 1. The van der Waals surface area contributed by atoms with E-state index in [1.807, 2.05) is 22.9 Å². The lowest BCUT2D eigenvalue weighted by molar-refractivity contribution is -0.128. The summed E-state index contributed by atoms with van der Waals surface area (Å²) >= 11 is 0. The highest BCUT2D eigenvalue weighted by Crippen LogP contribution is 2.37. The molecule has 1 N–H and O–H groups in total. The largest absolute Gasteiger partial charge is 0.351 e. The molecule has 118 valence electrons. The van der Waals surface area contributed by atoms with Crippen molar-refractivity contribution in [2.75, 3.05) is 0 Å². The van der Waals surface area contributed by atoms with Gasteiger partial charge in [-0.05, 0) is 24.0 Å². The molecule has 0 unspecified atom stereocenters. The Labute approximate surface area is 136 Å². The molecular weight excluding hydrogens is 288 g/mol. The Morgan fingerprint density at radius 2 is 1.96 bits per heavy atom. The fourth-order valence-corrected chi connectivity index (χ4v) is 3.07. The number of aromatic nitrogens is 2. The van der Waals surface area contributed by atoms with E-state index >= 15 is 0 Å². The zero-order valence-electron chi connectivity index (χ0n) is 13.0. The fraction of sp³-hybridized carbons (Fsp3) is 0.389. The molecule has 0 radical (unpaired) electrons. The molecule has 1 saturated carbocycles. The number of rotatable bonds is 5. The van der Waals surface area contributed by atoms with E-state index in [9.17, 15) is 10.1 Å². The maximum absolute atomic E-state index is 12.3. The van der Waals surface area contributed by atoms with Crippen molar-refractivity contribution in [2.45, 2.75) is 38.8 Å². The van der Waals surface area contributed by atoms with Gasteiger partial charge in [-0.15, -0.1) is 0 Å². The van der Waals surface area contributed by atoms with E-state index in [1.165, 1.54) is 5.56 Å². The maximum Gasteiger partial charge on any atom is 0.240 e. The van der Waals surface area contributed by atoms with Crippen molar-refractivity contribution < 1.29 is 4.79 Å². The van der Waals surface area contributed by atoms with Crippen LogP contribution in [0.3, 0.4) is 0 Å². The molecule has 1 aromatic carbocycles. The van der Waals surface area contributed by atoms with Crippen molar-refractivity contribution in [1.29, 1.82) is 5.26 Å². The Balaban J connectivity index is 1.56. The normalized spacial score (nSPS) is 16.0. The summed E-state index contributed by atoms with van der Waals surface area (Å²) in [5, 5.41) is 12.2. The van der Waals surface area contributed by atoms with Crippen molar-refractivity contribution in [3.8, 4) is 6.07 Å². The smallest absolute Gasteiger partial charge is 0.240 e. The number of hydrogen-bond donors (Lipinski definition) is 1. The van der Waals surface area contributed by atoms with Gasteiger partial charge in [0.15, 0.2) is 0 Å². The van der Waals surface area contributed by atoms with Crippen molar-refractivity contribution in [2.24, 2.45) is 5.41 Å². The number of hydrogen-bond acceptors (Lipinski definition) is 3. The van der Waals surface area contributed by atoms with Crippen LogP contribution in [0.15, 0.2) is 43.0 Å². The zero-order chi connectivity index (χ0) is 16.1. The van der Waals surface area contributed by atoms with Crippen LogP contribution in [0, 0.1) is 16.7 Å². The average molecular weight is 308 g/mol. The van der Waals surface area contributed by atoms with Gasteiger partial charge in [-0.1, -0.05) is 37.1 Å². The molecule has 1 aromatic heterocycles. The molecule has 1 fully saturated rings. The number of benzene rings is 1. The van der Waals surface area contributed by atoms with E-state index in [-0.39, 0.29) is 5.91 Å². The number of nitrogens with zero attached hydrogens (tertiary/aromatic N) is 3. The van der Waals surface area contributed by atoms with Crippen molar-refractivity contribution in [3.63, 3.8) is 0 Å². The van der Waals surface area contributed by atoms with Gasteiger partial charge in [0.1, 0.15) is 5.41 Å². The van der Waals surface area contributed by atoms with Crippen molar-refractivity contribution in [1.82, 2.24) is 14.9 Å². The second-order valence-corrected chi connectivity index (χ2v) is 6.14. The molecular formula is C18H20N4O. The Morgan fingerprint density at radius 3 is 2.57 bits per heavy atom. The van der Waals surface area contributed by atoms with E-state index in [1.54, 1.807) is 12.5 Å². The fourth-order valence-electron chi connectivity index (χ4n) is 3.07. The minimum atomic E-state index is -0.804. The Kier molecular flexibility index (Phi) is 4.42. The molecule has 5 heteroatoms. The molecule has 2 aromatic rings. The highest BCUT2D eigenvalue weighted by Gasteiger charge is 2.41. The van der Waals surface area contributed by atoms with Crippen LogP contribution in [-0.4, -0.2) is 15.5 Å². The quantitative estimate of drug-likeness (QED) is 0.923. The van der Waals surface area contributed by atoms with Crippen molar-refractivity contribution >= 4 is 5.91 Å². The predicted molar refractivity (Wildman–Crippen MR) is 86.1 cm³/mol. The Morgan fingerprint density at radius 1 is 1.26 bits per heavy atom.